The van der Waals surface area contributed by atoms with Gasteiger partial charge in [-0.15, -0.1) is 5.10 Å². The number of hydrogen-bond acceptors (Lipinski definition) is 7. The van der Waals surface area contributed by atoms with E-state index in [0.717, 1.165) is 79.2 Å². The Morgan fingerprint density at radius 2 is 1.73 bits per heavy atom. The second-order valence-electron chi connectivity index (χ2n) is 11.7. The molecule has 2 aromatic heterocycles. The van der Waals surface area contributed by atoms with Crippen LogP contribution in [0.5, 0.6) is 0 Å². The van der Waals surface area contributed by atoms with Gasteiger partial charge in [-0.05, 0) is 96.7 Å². The molecule has 0 spiro atoms. The minimum Gasteiger partial charge on any atom is -0.297 e. The molecule has 1 aliphatic rings. The number of halogens is 1. The Kier molecular flexibility index (Phi) is 9.53. The lowest BCUT2D eigenvalue weighted by molar-refractivity contribution is 0.245. The Balaban J connectivity index is 1.29. The summed E-state index contributed by atoms with van der Waals surface area (Å²) >= 11 is 0. The third kappa shape index (κ3) is 7.11. The first-order valence-electron chi connectivity index (χ1n) is 15.8. The van der Waals surface area contributed by atoms with Crippen LogP contribution in [0.1, 0.15) is 61.9 Å². The number of aromatic nitrogens is 5. The van der Waals surface area contributed by atoms with E-state index in [1.807, 2.05) is 23.1 Å². The van der Waals surface area contributed by atoms with Gasteiger partial charge < -0.3 is 0 Å². The summed E-state index contributed by atoms with van der Waals surface area (Å²) in [5.74, 6) is -0.184. The largest absolute Gasteiger partial charge is 0.297 e. The van der Waals surface area contributed by atoms with Crippen LogP contribution in [0.3, 0.4) is 0 Å². The van der Waals surface area contributed by atoms with Gasteiger partial charge in [-0.1, -0.05) is 44.9 Å². The molecule has 0 unspecified atom stereocenters. The van der Waals surface area contributed by atoms with Gasteiger partial charge >= 0.3 is 0 Å². The van der Waals surface area contributed by atoms with Gasteiger partial charge in [-0.2, -0.15) is 4.79 Å². The Morgan fingerprint density at radius 3 is 2.55 bits per heavy atom. The van der Waals surface area contributed by atoms with Gasteiger partial charge in [0.2, 0.25) is 0 Å². The van der Waals surface area contributed by atoms with Gasteiger partial charge in [0.1, 0.15) is 12.1 Å². The molecule has 3 heterocycles. The third-order valence-electron chi connectivity index (χ3n) is 8.33. The fourth-order valence-corrected chi connectivity index (χ4v) is 5.97. The van der Waals surface area contributed by atoms with E-state index < -0.39 is 0 Å². The first-order chi connectivity index (χ1) is 21.6. The third-order valence-corrected chi connectivity index (χ3v) is 8.33. The Bertz CT molecular complexity index is 1680. The summed E-state index contributed by atoms with van der Waals surface area (Å²) in [5, 5.41) is 12.3. The monoisotopic (exact) mass is 592 g/mol. The molecule has 0 saturated heterocycles. The van der Waals surface area contributed by atoms with Crippen molar-refractivity contribution < 1.29 is 4.39 Å². The molecule has 0 atom stereocenters. The van der Waals surface area contributed by atoms with Crippen LogP contribution in [0.4, 0.5) is 15.8 Å². The van der Waals surface area contributed by atoms with E-state index in [4.69, 9.17) is 0 Å². The van der Waals surface area contributed by atoms with Gasteiger partial charge in [0.15, 0.2) is 0 Å². The van der Waals surface area contributed by atoms with E-state index in [1.165, 1.54) is 42.9 Å². The molecule has 6 rings (SSSR count). The van der Waals surface area contributed by atoms with E-state index in [1.54, 1.807) is 18.5 Å². The molecule has 0 bridgehead atoms. The number of hydrogen-bond donors (Lipinski definition) is 0. The Labute approximate surface area is 259 Å². The number of nitrogens with zero attached hydrogens (tertiary/aromatic N) is 8. The molecule has 9 heteroatoms. The molecular weight excluding hydrogens is 551 g/mol. The molecule has 0 radical (unpaired) electrons. The zero-order chi connectivity index (χ0) is 30.3. The first kappa shape index (κ1) is 29.8. The van der Waals surface area contributed by atoms with Gasteiger partial charge in [0.25, 0.3) is 0 Å². The Morgan fingerprint density at radius 1 is 0.909 bits per heavy atom. The van der Waals surface area contributed by atoms with Crippen LogP contribution >= 0.6 is 0 Å². The van der Waals surface area contributed by atoms with Crippen LogP contribution in [0.25, 0.3) is 10.9 Å². The second kappa shape index (κ2) is 14.1. The fraction of sp³-hybridized carbons (Fsp3) is 0.371. The zero-order valence-corrected chi connectivity index (χ0v) is 25.7. The van der Waals surface area contributed by atoms with Gasteiger partial charge in [0.05, 0.1) is 28.8 Å². The van der Waals surface area contributed by atoms with E-state index in [0.29, 0.717) is 0 Å². The maximum absolute atomic E-state index is 13.8. The van der Waals surface area contributed by atoms with Gasteiger partial charge in [0, 0.05) is 37.8 Å². The van der Waals surface area contributed by atoms with Crippen LogP contribution < -0.4 is 5.01 Å². The molecule has 3 aromatic carbocycles. The minimum atomic E-state index is -0.184. The van der Waals surface area contributed by atoms with Crippen molar-refractivity contribution in [1.29, 1.82) is 0 Å². The minimum absolute atomic E-state index is 0.184. The summed E-state index contributed by atoms with van der Waals surface area (Å²) in [5.41, 5.74) is 7.45. The van der Waals surface area contributed by atoms with Crippen LogP contribution in [0.15, 0.2) is 79.4 Å². The number of anilines is 2. The molecule has 8 nitrogen and oxygen atoms in total. The molecule has 0 N–H and O–H groups in total. The van der Waals surface area contributed by atoms with Crippen molar-refractivity contribution in [2.45, 2.75) is 65.6 Å². The van der Waals surface area contributed by atoms with Crippen LogP contribution in [-0.4, -0.2) is 54.5 Å². The molecular formula is C35H41FN8. The van der Waals surface area contributed by atoms with E-state index in [2.05, 4.69) is 85.5 Å². The normalized spacial score (nSPS) is 13.5. The summed E-state index contributed by atoms with van der Waals surface area (Å²) in [6.45, 7) is 9.88. The van der Waals surface area contributed by atoms with Crippen LogP contribution in [-0.2, 0) is 26.1 Å². The average Bonchev–Trinajstić information content (AvgIpc) is 3.50. The van der Waals surface area contributed by atoms with Crippen molar-refractivity contribution in [3.8, 4) is 0 Å². The first-order valence-corrected chi connectivity index (χ1v) is 15.8. The number of unbranched alkanes of at least 4 members (excludes halogenated alkanes) is 2. The Hall–Kier alpha value is -4.21. The van der Waals surface area contributed by atoms with E-state index >= 15 is 0 Å². The average molecular weight is 593 g/mol. The van der Waals surface area contributed by atoms with E-state index in [-0.39, 0.29) is 5.82 Å². The highest BCUT2D eigenvalue weighted by Crippen LogP contribution is 2.32. The zero-order valence-electron chi connectivity index (χ0n) is 25.7. The van der Waals surface area contributed by atoms with Crippen LogP contribution in [0.2, 0.25) is 0 Å². The molecule has 5 aromatic rings. The van der Waals surface area contributed by atoms with Crippen molar-refractivity contribution in [1.82, 2.24) is 34.9 Å². The smallest absolute Gasteiger partial charge is 0.123 e. The predicted molar refractivity (Wildman–Crippen MR) is 173 cm³/mol. The molecule has 0 saturated carbocycles. The molecule has 0 fully saturated rings. The number of rotatable bonds is 13. The summed E-state index contributed by atoms with van der Waals surface area (Å²) in [4.78, 5) is 15.4. The topological polar surface area (TPSA) is 66.2 Å². The standard InChI is InChI=1S/C35H41FN8/c1-3-5-15-41(16-6-4-2)24-32-25-43(40-39-32)44(34-12-13-35-30(20-34)21-37-26-38-35)33-11-10-29-23-42(17-14-28(29)19-33)22-27-8-7-9-31(36)18-27/h7-13,18-21,25-26H,3-6,14-17,22-24H2,1-2H3. The van der Waals surface area contributed by atoms with Crippen LogP contribution in [0, 0.1) is 5.82 Å². The number of benzene rings is 3. The molecule has 0 aliphatic carbocycles. The van der Waals surface area contributed by atoms with Crippen molar-refractivity contribution in [2.24, 2.45) is 0 Å². The molecule has 228 valence electrons. The van der Waals surface area contributed by atoms with Crippen molar-refractivity contribution >= 4 is 22.3 Å². The summed E-state index contributed by atoms with van der Waals surface area (Å²) in [7, 11) is 0. The van der Waals surface area contributed by atoms with Crippen molar-refractivity contribution in [3.63, 3.8) is 0 Å². The lowest BCUT2D eigenvalue weighted by Gasteiger charge is -2.31. The highest BCUT2D eigenvalue weighted by molar-refractivity contribution is 5.83. The van der Waals surface area contributed by atoms with Gasteiger partial charge in [-0.3, -0.25) is 9.80 Å². The van der Waals surface area contributed by atoms with E-state index in [9.17, 15) is 4.39 Å². The van der Waals surface area contributed by atoms with Crippen molar-refractivity contribution in [2.75, 3.05) is 24.6 Å². The maximum atomic E-state index is 13.8. The SMILES string of the molecule is CCCCN(CCCC)Cc1cn(N(c2ccc3c(c2)CCN(Cc2cccc(F)c2)C3)c2ccc3ncncc3c2)nn1. The van der Waals surface area contributed by atoms with Crippen molar-refractivity contribution in [3.05, 3.63) is 108 Å². The molecule has 0 amide bonds. The summed E-state index contributed by atoms with van der Waals surface area (Å²) in [6.07, 6.45) is 11.1. The fourth-order valence-electron chi connectivity index (χ4n) is 5.97. The lowest BCUT2D eigenvalue weighted by Crippen LogP contribution is -2.31. The lowest BCUT2D eigenvalue weighted by atomic mass is 9.98. The highest BCUT2D eigenvalue weighted by Gasteiger charge is 2.21. The predicted octanol–water partition coefficient (Wildman–Crippen LogP) is 6.92. The second-order valence-corrected chi connectivity index (χ2v) is 11.7. The highest BCUT2D eigenvalue weighted by atomic mass is 19.1. The quantitative estimate of drug-likeness (QED) is 0.147. The molecule has 1 aliphatic heterocycles. The number of fused-ring (bicyclic) bond motifs is 2. The summed E-state index contributed by atoms with van der Waals surface area (Å²) < 4.78 is 13.8. The summed E-state index contributed by atoms with van der Waals surface area (Å²) in [6, 6.07) is 19.8. The molecule has 44 heavy (non-hydrogen) atoms. The van der Waals surface area contributed by atoms with Gasteiger partial charge in [-0.25, -0.2) is 19.4 Å². The maximum Gasteiger partial charge on any atom is 0.123 e.